The van der Waals surface area contributed by atoms with E-state index >= 15 is 0 Å². The molecule has 0 unspecified atom stereocenters. The van der Waals surface area contributed by atoms with Crippen LogP contribution in [0.25, 0.3) is 0 Å². The Morgan fingerprint density at radius 2 is 2.21 bits per heavy atom. The summed E-state index contributed by atoms with van der Waals surface area (Å²) in [6.07, 6.45) is 2.49. The number of carboxylic acid groups (broad SMARTS) is 1. The first-order chi connectivity index (χ1) is 8.95. The first-order valence-corrected chi connectivity index (χ1v) is 8.01. The maximum absolute atomic E-state index is 11.8. The number of carbonyl (C=O) groups is 2. The normalized spacial score (nSPS) is 11.9. The zero-order chi connectivity index (χ0) is 14.4. The van der Waals surface area contributed by atoms with E-state index < -0.39 is 12.0 Å². The number of carboxylic acids is 1. The third-order valence-electron chi connectivity index (χ3n) is 2.44. The number of benzene rings is 1. The second-order valence-corrected chi connectivity index (χ2v) is 6.10. The number of anilines is 1. The van der Waals surface area contributed by atoms with Crippen LogP contribution in [0.3, 0.4) is 0 Å². The van der Waals surface area contributed by atoms with Crippen molar-refractivity contribution >= 4 is 51.9 Å². The number of amides is 1. The van der Waals surface area contributed by atoms with Crippen LogP contribution in [0, 0.1) is 3.57 Å². The van der Waals surface area contributed by atoms with Crippen molar-refractivity contribution in [1.29, 1.82) is 0 Å². The lowest BCUT2D eigenvalue weighted by Crippen LogP contribution is -2.36. The smallest absolute Gasteiger partial charge is 0.337 e. The van der Waals surface area contributed by atoms with Crippen LogP contribution in [0.4, 0.5) is 5.69 Å². The van der Waals surface area contributed by atoms with Crippen LogP contribution in [0.15, 0.2) is 18.2 Å². The Labute approximate surface area is 129 Å². The lowest BCUT2D eigenvalue weighted by Gasteiger charge is -2.13. The van der Waals surface area contributed by atoms with E-state index in [0.717, 1.165) is 9.32 Å². The monoisotopic (exact) mass is 394 g/mol. The van der Waals surface area contributed by atoms with Crippen molar-refractivity contribution < 1.29 is 14.7 Å². The van der Waals surface area contributed by atoms with Crippen molar-refractivity contribution in [2.24, 2.45) is 5.73 Å². The van der Waals surface area contributed by atoms with Gasteiger partial charge < -0.3 is 16.2 Å². The minimum absolute atomic E-state index is 0.0670. The quantitative estimate of drug-likeness (QED) is 0.642. The maximum atomic E-state index is 11.8. The second-order valence-electron chi connectivity index (χ2n) is 3.87. The number of nitrogens with two attached hydrogens (primary N) is 1. The molecule has 1 aromatic carbocycles. The van der Waals surface area contributed by atoms with E-state index in [1.165, 1.54) is 6.07 Å². The van der Waals surface area contributed by atoms with Crippen LogP contribution in [0.1, 0.15) is 16.8 Å². The van der Waals surface area contributed by atoms with Crippen molar-refractivity contribution in [2.75, 3.05) is 17.3 Å². The molecule has 0 aliphatic heterocycles. The van der Waals surface area contributed by atoms with E-state index in [4.69, 9.17) is 10.8 Å². The van der Waals surface area contributed by atoms with Gasteiger partial charge in [0.25, 0.3) is 0 Å². The highest BCUT2D eigenvalue weighted by atomic mass is 127. The predicted molar refractivity (Wildman–Crippen MR) is 85.7 cm³/mol. The van der Waals surface area contributed by atoms with Gasteiger partial charge in [0.2, 0.25) is 5.91 Å². The Hall–Kier alpha value is -0.800. The Balaban J connectivity index is 2.81. The van der Waals surface area contributed by atoms with E-state index in [2.05, 4.69) is 5.32 Å². The molecule has 0 saturated carbocycles. The fourth-order valence-electron chi connectivity index (χ4n) is 1.40. The molecule has 7 heteroatoms. The average molecular weight is 394 g/mol. The standard InChI is InChI=1S/C12H15IN2O3S/c1-19-5-4-9(14)11(16)15-10-3-2-7(13)6-8(10)12(17)18/h2-3,6,9H,4-5,14H2,1H3,(H,15,16)(H,17,18)/t9-/m0/s1. The Kier molecular flexibility index (Phi) is 6.59. The highest BCUT2D eigenvalue weighted by Crippen LogP contribution is 2.19. The molecule has 0 aliphatic rings. The molecule has 1 rings (SSSR count). The minimum atomic E-state index is -1.08. The van der Waals surface area contributed by atoms with Gasteiger partial charge in [-0.25, -0.2) is 4.79 Å². The van der Waals surface area contributed by atoms with E-state index in [1.807, 2.05) is 28.8 Å². The largest absolute Gasteiger partial charge is 0.478 e. The number of halogens is 1. The summed E-state index contributed by atoms with van der Waals surface area (Å²) in [7, 11) is 0. The van der Waals surface area contributed by atoms with Gasteiger partial charge in [0.05, 0.1) is 17.3 Å². The zero-order valence-corrected chi connectivity index (χ0v) is 13.3. The van der Waals surface area contributed by atoms with Gasteiger partial charge in [0.1, 0.15) is 0 Å². The van der Waals surface area contributed by atoms with E-state index in [9.17, 15) is 9.59 Å². The molecule has 0 aromatic heterocycles. The molecule has 0 fully saturated rings. The molecule has 0 radical (unpaired) electrons. The average Bonchev–Trinajstić information content (AvgIpc) is 2.37. The van der Waals surface area contributed by atoms with Gasteiger partial charge in [-0.3, -0.25) is 4.79 Å². The molecule has 1 amide bonds. The van der Waals surface area contributed by atoms with Gasteiger partial charge in [0, 0.05) is 3.57 Å². The maximum Gasteiger partial charge on any atom is 0.337 e. The summed E-state index contributed by atoms with van der Waals surface area (Å²) < 4.78 is 0.791. The molecule has 19 heavy (non-hydrogen) atoms. The highest BCUT2D eigenvalue weighted by molar-refractivity contribution is 14.1. The molecule has 0 saturated heterocycles. The topological polar surface area (TPSA) is 92.4 Å². The molecule has 0 bridgehead atoms. The second kappa shape index (κ2) is 7.71. The van der Waals surface area contributed by atoms with Crippen LogP contribution in [-0.4, -0.2) is 35.0 Å². The highest BCUT2D eigenvalue weighted by Gasteiger charge is 2.17. The van der Waals surface area contributed by atoms with Gasteiger partial charge in [-0.15, -0.1) is 0 Å². The van der Waals surface area contributed by atoms with E-state index in [-0.39, 0.29) is 17.2 Å². The van der Waals surface area contributed by atoms with Crippen molar-refractivity contribution in [3.05, 3.63) is 27.3 Å². The third-order valence-corrected chi connectivity index (χ3v) is 3.75. The first-order valence-electron chi connectivity index (χ1n) is 5.54. The first kappa shape index (κ1) is 16.3. The third kappa shape index (κ3) is 5.00. The molecule has 4 N–H and O–H groups in total. The lowest BCUT2D eigenvalue weighted by molar-refractivity contribution is -0.117. The lowest BCUT2D eigenvalue weighted by atomic mass is 10.1. The molecular formula is C12H15IN2O3S. The van der Waals surface area contributed by atoms with Crippen molar-refractivity contribution in [3.8, 4) is 0 Å². The molecule has 0 spiro atoms. The van der Waals surface area contributed by atoms with Crippen LogP contribution in [0.2, 0.25) is 0 Å². The summed E-state index contributed by atoms with van der Waals surface area (Å²) in [6, 6.07) is 4.18. The van der Waals surface area contributed by atoms with Gasteiger partial charge in [-0.05, 0) is 59.2 Å². The Morgan fingerprint density at radius 1 is 1.53 bits per heavy atom. The number of nitrogens with one attached hydrogen (secondary N) is 1. The molecule has 1 atom stereocenters. The molecular weight excluding hydrogens is 379 g/mol. The zero-order valence-electron chi connectivity index (χ0n) is 10.4. The molecule has 0 heterocycles. The van der Waals surface area contributed by atoms with E-state index in [1.54, 1.807) is 23.9 Å². The number of thioether (sulfide) groups is 1. The van der Waals surface area contributed by atoms with Gasteiger partial charge in [-0.1, -0.05) is 0 Å². The van der Waals surface area contributed by atoms with Crippen molar-refractivity contribution in [2.45, 2.75) is 12.5 Å². The molecule has 0 aliphatic carbocycles. The van der Waals surface area contributed by atoms with Crippen LogP contribution >= 0.6 is 34.4 Å². The van der Waals surface area contributed by atoms with Gasteiger partial charge in [-0.2, -0.15) is 11.8 Å². The van der Waals surface area contributed by atoms with Crippen LogP contribution in [0.5, 0.6) is 0 Å². The molecule has 104 valence electrons. The number of carbonyl (C=O) groups excluding carboxylic acids is 1. The van der Waals surface area contributed by atoms with Crippen molar-refractivity contribution in [1.82, 2.24) is 0 Å². The summed E-state index contributed by atoms with van der Waals surface area (Å²) in [5.41, 5.74) is 6.08. The summed E-state index contributed by atoms with van der Waals surface area (Å²) in [4.78, 5) is 22.9. The summed E-state index contributed by atoms with van der Waals surface area (Å²) in [6.45, 7) is 0. The molecule has 5 nitrogen and oxygen atoms in total. The van der Waals surface area contributed by atoms with E-state index in [0.29, 0.717) is 6.42 Å². The fourth-order valence-corrected chi connectivity index (χ4v) is 2.38. The number of rotatable bonds is 6. The van der Waals surface area contributed by atoms with Crippen LogP contribution < -0.4 is 11.1 Å². The summed E-state index contributed by atoms with van der Waals surface area (Å²) >= 11 is 3.63. The summed E-state index contributed by atoms with van der Waals surface area (Å²) in [5, 5.41) is 11.7. The number of hydrogen-bond donors (Lipinski definition) is 3. The fraction of sp³-hybridized carbons (Fsp3) is 0.333. The molecule has 1 aromatic rings. The number of aromatic carboxylic acids is 1. The predicted octanol–water partition coefficient (Wildman–Crippen LogP) is 2.01. The Morgan fingerprint density at radius 3 is 2.79 bits per heavy atom. The number of hydrogen-bond acceptors (Lipinski definition) is 4. The van der Waals surface area contributed by atoms with Crippen LogP contribution in [-0.2, 0) is 4.79 Å². The SMILES string of the molecule is CSCC[C@H](N)C(=O)Nc1ccc(I)cc1C(=O)O. The Bertz CT molecular complexity index is 482. The van der Waals surface area contributed by atoms with Gasteiger partial charge >= 0.3 is 5.97 Å². The minimum Gasteiger partial charge on any atom is -0.478 e. The van der Waals surface area contributed by atoms with Crippen molar-refractivity contribution in [3.63, 3.8) is 0 Å². The van der Waals surface area contributed by atoms with Gasteiger partial charge in [0.15, 0.2) is 0 Å². The summed E-state index contributed by atoms with van der Waals surface area (Å²) in [5.74, 6) is -0.656.